The summed E-state index contributed by atoms with van der Waals surface area (Å²) < 4.78 is 5.00. The molecule has 0 radical (unpaired) electrons. The van der Waals surface area contributed by atoms with Crippen molar-refractivity contribution in [1.82, 2.24) is 4.90 Å². The molecule has 1 saturated heterocycles. The summed E-state index contributed by atoms with van der Waals surface area (Å²) in [7, 11) is 0. The number of rotatable bonds is 7. The van der Waals surface area contributed by atoms with Crippen molar-refractivity contribution in [3.05, 3.63) is 0 Å². The average molecular weight is 284 g/mol. The van der Waals surface area contributed by atoms with Crippen LogP contribution in [0.5, 0.6) is 0 Å². The number of nitrogens with two attached hydrogens (primary N) is 1. The largest absolute Gasteiger partial charge is 0.465 e. The Morgan fingerprint density at radius 3 is 2.45 bits per heavy atom. The number of nitrogens with zero attached hydrogens (tertiary/aromatic N) is 1. The summed E-state index contributed by atoms with van der Waals surface area (Å²) in [6.45, 7) is 12.2. The summed E-state index contributed by atoms with van der Waals surface area (Å²) in [6, 6.07) is 0. The molecule has 1 heterocycles. The van der Waals surface area contributed by atoms with Crippen molar-refractivity contribution in [2.24, 2.45) is 11.1 Å². The van der Waals surface area contributed by atoms with Crippen LogP contribution in [-0.4, -0.2) is 42.6 Å². The molecule has 0 saturated carbocycles. The fraction of sp³-hybridized carbons (Fsp3) is 0.938. The van der Waals surface area contributed by atoms with Gasteiger partial charge in [-0.25, -0.2) is 0 Å². The summed E-state index contributed by atoms with van der Waals surface area (Å²) in [5.74, 6) is -0.278. The van der Waals surface area contributed by atoms with Crippen molar-refractivity contribution in [2.45, 2.75) is 65.3 Å². The van der Waals surface area contributed by atoms with Crippen molar-refractivity contribution >= 4 is 5.97 Å². The molecular weight excluding hydrogens is 252 g/mol. The van der Waals surface area contributed by atoms with Gasteiger partial charge in [0.25, 0.3) is 0 Å². The van der Waals surface area contributed by atoms with E-state index in [1.165, 1.54) is 25.9 Å². The SMILES string of the molecule is CCOC(=O)C(C)(N)CCCCN1CCC(C)(C)CC1. The maximum Gasteiger partial charge on any atom is 0.325 e. The maximum atomic E-state index is 11.7. The Bertz CT molecular complexity index is 304. The van der Waals surface area contributed by atoms with Gasteiger partial charge in [-0.1, -0.05) is 13.8 Å². The molecule has 1 fully saturated rings. The van der Waals surface area contributed by atoms with Gasteiger partial charge in [0, 0.05) is 0 Å². The van der Waals surface area contributed by atoms with Crippen LogP contribution in [0.15, 0.2) is 0 Å². The normalized spacial score (nSPS) is 22.2. The fourth-order valence-electron chi connectivity index (χ4n) is 2.61. The van der Waals surface area contributed by atoms with Crippen LogP contribution in [0.1, 0.15) is 59.8 Å². The highest BCUT2D eigenvalue weighted by Gasteiger charge is 2.29. The molecule has 0 spiro atoms. The van der Waals surface area contributed by atoms with E-state index in [1.807, 2.05) is 6.92 Å². The molecular formula is C16H32N2O2. The predicted octanol–water partition coefficient (Wildman–Crippen LogP) is 2.56. The average Bonchev–Trinajstić information content (AvgIpc) is 2.36. The minimum Gasteiger partial charge on any atom is -0.465 e. The smallest absolute Gasteiger partial charge is 0.325 e. The van der Waals surface area contributed by atoms with E-state index >= 15 is 0 Å². The van der Waals surface area contributed by atoms with E-state index in [2.05, 4.69) is 18.7 Å². The second-order valence-electron chi connectivity index (χ2n) is 7.10. The Balaban J connectivity index is 2.17. The molecule has 1 aliphatic rings. The van der Waals surface area contributed by atoms with E-state index in [0.29, 0.717) is 18.4 Å². The zero-order valence-electron chi connectivity index (χ0n) is 13.7. The van der Waals surface area contributed by atoms with Gasteiger partial charge in [-0.05, 0) is 71.0 Å². The summed E-state index contributed by atoms with van der Waals surface area (Å²) in [4.78, 5) is 14.2. The third-order valence-corrected chi connectivity index (χ3v) is 4.37. The second kappa shape index (κ2) is 7.41. The first kappa shape index (κ1) is 17.4. The second-order valence-corrected chi connectivity index (χ2v) is 7.10. The lowest BCUT2D eigenvalue weighted by Gasteiger charge is -2.37. The van der Waals surface area contributed by atoms with Crippen LogP contribution < -0.4 is 5.73 Å². The lowest BCUT2D eigenvalue weighted by Crippen LogP contribution is -2.46. The fourth-order valence-corrected chi connectivity index (χ4v) is 2.61. The lowest BCUT2D eigenvalue weighted by molar-refractivity contribution is -0.149. The Labute approximate surface area is 124 Å². The number of hydrogen-bond donors (Lipinski definition) is 1. The quantitative estimate of drug-likeness (QED) is 0.576. The van der Waals surface area contributed by atoms with Gasteiger partial charge in [-0.15, -0.1) is 0 Å². The molecule has 1 unspecified atom stereocenters. The van der Waals surface area contributed by atoms with Gasteiger partial charge in [0.15, 0.2) is 0 Å². The molecule has 0 aromatic heterocycles. The summed E-state index contributed by atoms with van der Waals surface area (Å²) >= 11 is 0. The monoisotopic (exact) mass is 284 g/mol. The van der Waals surface area contributed by atoms with Crippen LogP contribution >= 0.6 is 0 Å². The molecule has 2 N–H and O–H groups in total. The third kappa shape index (κ3) is 5.80. The first-order valence-electron chi connectivity index (χ1n) is 7.95. The molecule has 4 heteroatoms. The predicted molar refractivity (Wildman–Crippen MR) is 82.5 cm³/mol. The van der Waals surface area contributed by atoms with Crippen LogP contribution in [0.2, 0.25) is 0 Å². The molecule has 1 aliphatic heterocycles. The van der Waals surface area contributed by atoms with Gasteiger partial charge < -0.3 is 15.4 Å². The molecule has 0 amide bonds. The van der Waals surface area contributed by atoms with E-state index < -0.39 is 5.54 Å². The number of carbonyl (C=O) groups excluding carboxylic acids is 1. The highest BCUT2D eigenvalue weighted by atomic mass is 16.5. The molecule has 118 valence electrons. The Morgan fingerprint density at radius 1 is 1.30 bits per heavy atom. The number of esters is 1. The van der Waals surface area contributed by atoms with Gasteiger partial charge in [0.1, 0.15) is 5.54 Å². The van der Waals surface area contributed by atoms with E-state index in [-0.39, 0.29) is 5.97 Å². The van der Waals surface area contributed by atoms with Crippen LogP contribution in [-0.2, 0) is 9.53 Å². The third-order valence-electron chi connectivity index (χ3n) is 4.37. The molecule has 0 aromatic rings. The number of ether oxygens (including phenoxy) is 1. The molecule has 1 atom stereocenters. The van der Waals surface area contributed by atoms with E-state index in [1.54, 1.807) is 6.92 Å². The zero-order chi connectivity index (χ0) is 15.2. The maximum absolute atomic E-state index is 11.7. The highest BCUT2D eigenvalue weighted by Crippen LogP contribution is 2.29. The molecule has 20 heavy (non-hydrogen) atoms. The van der Waals surface area contributed by atoms with E-state index in [0.717, 1.165) is 19.4 Å². The minimum absolute atomic E-state index is 0.278. The number of unbranched alkanes of at least 4 members (excludes halogenated alkanes) is 1. The van der Waals surface area contributed by atoms with Crippen LogP contribution in [0, 0.1) is 5.41 Å². The molecule has 1 rings (SSSR count). The number of hydrogen-bond acceptors (Lipinski definition) is 4. The van der Waals surface area contributed by atoms with Gasteiger partial charge in [-0.3, -0.25) is 4.79 Å². The number of carbonyl (C=O) groups is 1. The van der Waals surface area contributed by atoms with Crippen LogP contribution in [0.4, 0.5) is 0 Å². The topological polar surface area (TPSA) is 55.6 Å². The van der Waals surface area contributed by atoms with Crippen LogP contribution in [0.25, 0.3) is 0 Å². The van der Waals surface area contributed by atoms with Crippen molar-refractivity contribution in [3.63, 3.8) is 0 Å². The van der Waals surface area contributed by atoms with Gasteiger partial charge in [0.2, 0.25) is 0 Å². The Morgan fingerprint density at radius 2 is 1.90 bits per heavy atom. The van der Waals surface area contributed by atoms with Crippen molar-refractivity contribution < 1.29 is 9.53 Å². The number of likely N-dealkylation sites (tertiary alicyclic amines) is 1. The summed E-state index contributed by atoms with van der Waals surface area (Å²) in [6.07, 6.45) is 5.35. The Hall–Kier alpha value is -0.610. The lowest BCUT2D eigenvalue weighted by atomic mass is 9.82. The van der Waals surface area contributed by atoms with Crippen molar-refractivity contribution in [3.8, 4) is 0 Å². The molecule has 0 aromatic carbocycles. The highest BCUT2D eigenvalue weighted by molar-refractivity contribution is 5.79. The minimum atomic E-state index is -0.833. The van der Waals surface area contributed by atoms with Crippen molar-refractivity contribution in [1.29, 1.82) is 0 Å². The van der Waals surface area contributed by atoms with E-state index in [4.69, 9.17) is 10.5 Å². The summed E-state index contributed by atoms with van der Waals surface area (Å²) in [5.41, 5.74) is 5.69. The first-order valence-corrected chi connectivity index (χ1v) is 7.95. The Kier molecular flexibility index (Phi) is 6.46. The van der Waals surface area contributed by atoms with Crippen molar-refractivity contribution in [2.75, 3.05) is 26.2 Å². The summed E-state index contributed by atoms with van der Waals surface area (Å²) in [5, 5.41) is 0. The van der Waals surface area contributed by atoms with Gasteiger partial charge in [0.05, 0.1) is 6.61 Å². The zero-order valence-corrected chi connectivity index (χ0v) is 13.7. The number of piperidine rings is 1. The van der Waals surface area contributed by atoms with E-state index in [9.17, 15) is 4.79 Å². The molecule has 0 aliphatic carbocycles. The van der Waals surface area contributed by atoms with Crippen LogP contribution in [0.3, 0.4) is 0 Å². The van der Waals surface area contributed by atoms with Gasteiger partial charge in [-0.2, -0.15) is 0 Å². The molecule has 4 nitrogen and oxygen atoms in total. The molecule has 0 bridgehead atoms. The standard InChI is InChI=1S/C16H32N2O2/c1-5-20-14(19)16(4,17)8-6-7-11-18-12-9-15(2,3)10-13-18/h5-13,17H2,1-4H3. The first-order chi connectivity index (χ1) is 9.27. The van der Waals surface area contributed by atoms with Gasteiger partial charge >= 0.3 is 5.97 Å².